The number of thiazole rings is 1. The van der Waals surface area contributed by atoms with Crippen LogP contribution in [0.3, 0.4) is 0 Å². The molecular weight excluding hydrogens is 212 g/mol. The van der Waals surface area contributed by atoms with Crippen LogP contribution in [0.15, 0.2) is 15.4 Å². The molecule has 0 saturated carbocycles. The molecule has 0 aromatic carbocycles. The van der Waals surface area contributed by atoms with E-state index in [1.165, 1.54) is 11.3 Å². The Morgan fingerprint density at radius 1 is 1.53 bits per heavy atom. The van der Waals surface area contributed by atoms with Gasteiger partial charge in [0.15, 0.2) is 0 Å². The Labute approximate surface area is 91.5 Å². The highest BCUT2D eigenvalue weighted by Crippen LogP contribution is 2.17. The van der Waals surface area contributed by atoms with Gasteiger partial charge in [0.1, 0.15) is 5.69 Å². The van der Waals surface area contributed by atoms with Crippen molar-refractivity contribution in [3.8, 4) is 11.5 Å². The number of anilines is 1. The highest BCUT2D eigenvalue weighted by Gasteiger charge is 2.09. The minimum Gasteiger partial charge on any atom is -0.337 e. The highest BCUT2D eigenvalue weighted by molar-refractivity contribution is 7.07. The van der Waals surface area contributed by atoms with E-state index in [0.29, 0.717) is 17.8 Å². The summed E-state index contributed by atoms with van der Waals surface area (Å²) in [5.41, 5.74) is 2.49. The van der Waals surface area contributed by atoms with Gasteiger partial charge in [-0.1, -0.05) is 19.0 Å². The van der Waals surface area contributed by atoms with Crippen molar-refractivity contribution in [2.45, 2.75) is 13.8 Å². The van der Waals surface area contributed by atoms with E-state index < -0.39 is 0 Å². The third-order valence-corrected chi connectivity index (χ3v) is 2.34. The van der Waals surface area contributed by atoms with E-state index in [1.54, 1.807) is 5.51 Å². The zero-order valence-electron chi connectivity index (χ0n) is 8.60. The summed E-state index contributed by atoms with van der Waals surface area (Å²) in [6, 6.07) is 0.451. The third kappa shape index (κ3) is 2.53. The molecule has 0 saturated heterocycles. The topological polar surface area (TPSA) is 63.8 Å². The molecule has 5 nitrogen and oxygen atoms in total. The van der Waals surface area contributed by atoms with Crippen LogP contribution in [-0.4, -0.2) is 21.7 Å². The minimum absolute atomic E-state index is 0.451. The second-order valence-corrected chi connectivity index (χ2v) is 4.29. The summed E-state index contributed by atoms with van der Waals surface area (Å²) in [7, 11) is 0. The molecule has 0 aliphatic carbocycles. The summed E-state index contributed by atoms with van der Waals surface area (Å²) in [5, 5.41) is 8.78. The summed E-state index contributed by atoms with van der Waals surface area (Å²) in [6.07, 6.45) is 0. The van der Waals surface area contributed by atoms with Gasteiger partial charge >= 0.3 is 6.01 Å². The molecule has 1 N–H and O–H groups in total. The summed E-state index contributed by atoms with van der Waals surface area (Å²) < 4.78 is 5.03. The largest absolute Gasteiger partial charge is 0.337 e. The number of hydrogen-bond donors (Lipinski definition) is 1. The number of rotatable bonds is 4. The van der Waals surface area contributed by atoms with Gasteiger partial charge in [0.2, 0.25) is 5.82 Å². The van der Waals surface area contributed by atoms with Gasteiger partial charge in [0.25, 0.3) is 0 Å². The van der Waals surface area contributed by atoms with Crippen molar-refractivity contribution in [2.75, 3.05) is 11.9 Å². The molecule has 0 radical (unpaired) electrons. The maximum Gasteiger partial charge on any atom is 0.321 e. The van der Waals surface area contributed by atoms with E-state index in [-0.39, 0.29) is 0 Å². The molecule has 0 aliphatic rings. The summed E-state index contributed by atoms with van der Waals surface area (Å²) in [4.78, 5) is 8.28. The molecule has 2 heterocycles. The van der Waals surface area contributed by atoms with E-state index in [4.69, 9.17) is 4.52 Å². The van der Waals surface area contributed by atoms with Crippen LogP contribution in [0.25, 0.3) is 11.5 Å². The molecule has 2 aromatic rings. The number of aromatic nitrogens is 3. The summed E-state index contributed by atoms with van der Waals surface area (Å²) in [5.74, 6) is 1.07. The van der Waals surface area contributed by atoms with Crippen molar-refractivity contribution in [3.05, 3.63) is 10.9 Å². The maximum atomic E-state index is 5.03. The lowest BCUT2D eigenvalue weighted by Gasteiger charge is -2.02. The second kappa shape index (κ2) is 4.39. The molecule has 0 atom stereocenters. The predicted molar refractivity (Wildman–Crippen MR) is 58.7 cm³/mol. The van der Waals surface area contributed by atoms with Gasteiger partial charge in [-0.2, -0.15) is 4.98 Å². The molecule has 0 spiro atoms. The van der Waals surface area contributed by atoms with Crippen molar-refractivity contribution in [1.29, 1.82) is 0 Å². The number of hydrogen-bond acceptors (Lipinski definition) is 6. The molecule has 0 fully saturated rings. The molecule has 15 heavy (non-hydrogen) atoms. The van der Waals surface area contributed by atoms with Crippen LogP contribution in [0, 0.1) is 5.92 Å². The highest BCUT2D eigenvalue weighted by atomic mass is 32.1. The lowest BCUT2D eigenvalue weighted by molar-refractivity contribution is 0.429. The zero-order chi connectivity index (χ0) is 10.7. The van der Waals surface area contributed by atoms with Gasteiger partial charge in [-0.05, 0) is 5.92 Å². The smallest absolute Gasteiger partial charge is 0.321 e. The van der Waals surface area contributed by atoms with Crippen molar-refractivity contribution in [3.63, 3.8) is 0 Å². The first-order valence-corrected chi connectivity index (χ1v) is 5.66. The molecule has 0 amide bonds. The molecule has 80 valence electrons. The van der Waals surface area contributed by atoms with Gasteiger partial charge in [-0.25, -0.2) is 4.98 Å². The van der Waals surface area contributed by atoms with Crippen molar-refractivity contribution in [2.24, 2.45) is 5.92 Å². The Hall–Kier alpha value is -1.43. The van der Waals surface area contributed by atoms with Crippen molar-refractivity contribution < 1.29 is 4.52 Å². The Morgan fingerprint density at radius 2 is 2.40 bits per heavy atom. The lowest BCUT2D eigenvalue weighted by atomic mass is 10.2. The monoisotopic (exact) mass is 224 g/mol. The predicted octanol–water partition coefficient (Wildman–Crippen LogP) is 2.26. The summed E-state index contributed by atoms with van der Waals surface area (Å²) in [6.45, 7) is 5.05. The maximum absolute atomic E-state index is 5.03. The second-order valence-electron chi connectivity index (χ2n) is 3.57. The fraction of sp³-hybridized carbons (Fsp3) is 0.444. The molecular formula is C9H12N4OS. The quantitative estimate of drug-likeness (QED) is 0.863. The molecule has 0 aliphatic heterocycles. The first-order chi connectivity index (χ1) is 7.25. The van der Waals surface area contributed by atoms with Crippen LogP contribution in [0.4, 0.5) is 6.01 Å². The van der Waals surface area contributed by atoms with Crippen LogP contribution in [0.2, 0.25) is 0 Å². The van der Waals surface area contributed by atoms with Crippen LogP contribution < -0.4 is 5.32 Å². The zero-order valence-corrected chi connectivity index (χ0v) is 9.41. The minimum atomic E-state index is 0.451. The van der Waals surface area contributed by atoms with Gasteiger partial charge in [0.05, 0.1) is 5.51 Å². The van der Waals surface area contributed by atoms with Crippen LogP contribution >= 0.6 is 11.3 Å². The fourth-order valence-electron chi connectivity index (χ4n) is 1.01. The van der Waals surface area contributed by atoms with Gasteiger partial charge in [0, 0.05) is 11.9 Å². The van der Waals surface area contributed by atoms with E-state index in [0.717, 1.165) is 12.2 Å². The van der Waals surface area contributed by atoms with Crippen LogP contribution in [0.1, 0.15) is 13.8 Å². The Morgan fingerprint density at radius 3 is 3.07 bits per heavy atom. The SMILES string of the molecule is CC(C)CNc1nc(-c2cscn2)no1. The third-order valence-electron chi connectivity index (χ3n) is 1.75. The fourth-order valence-corrected chi connectivity index (χ4v) is 1.54. The Bertz CT molecular complexity index is 409. The molecule has 6 heteroatoms. The van der Waals surface area contributed by atoms with Crippen LogP contribution in [-0.2, 0) is 0 Å². The summed E-state index contributed by atoms with van der Waals surface area (Å²) >= 11 is 1.51. The van der Waals surface area contributed by atoms with Crippen LogP contribution in [0.5, 0.6) is 0 Å². The average molecular weight is 224 g/mol. The number of nitrogens with one attached hydrogen (secondary N) is 1. The van der Waals surface area contributed by atoms with E-state index in [9.17, 15) is 0 Å². The van der Waals surface area contributed by atoms with Crippen molar-refractivity contribution in [1.82, 2.24) is 15.1 Å². The number of nitrogens with zero attached hydrogens (tertiary/aromatic N) is 3. The van der Waals surface area contributed by atoms with E-state index in [1.807, 2.05) is 5.38 Å². The van der Waals surface area contributed by atoms with E-state index >= 15 is 0 Å². The standard InChI is InChI=1S/C9H12N4OS/c1-6(2)3-10-9-12-8(13-14-9)7-4-15-5-11-7/h4-6H,3H2,1-2H3,(H,10,12,13). The molecule has 0 bridgehead atoms. The van der Waals surface area contributed by atoms with E-state index in [2.05, 4.69) is 34.3 Å². The normalized spacial score (nSPS) is 10.9. The Kier molecular flexibility index (Phi) is 2.96. The molecule has 0 unspecified atom stereocenters. The van der Waals surface area contributed by atoms with Gasteiger partial charge in [-0.15, -0.1) is 11.3 Å². The van der Waals surface area contributed by atoms with Gasteiger partial charge < -0.3 is 9.84 Å². The first kappa shape index (κ1) is 10.1. The van der Waals surface area contributed by atoms with Crippen molar-refractivity contribution >= 4 is 17.4 Å². The first-order valence-electron chi connectivity index (χ1n) is 4.72. The molecule has 2 rings (SSSR count). The lowest BCUT2D eigenvalue weighted by Crippen LogP contribution is -2.07. The van der Waals surface area contributed by atoms with Gasteiger partial charge in [-0.3, -0.25) is 0 Å². The Balaban J connectivity index is 2.04. The average Bonchev–Trinajstić information content (AvgIpc) is 2.85. The molecule has 2 aromatic heterocycles.